The fourth-order valence-corrected chi connectivity index (χ4v) is 5.03. The van der Waals surface area contributed by atoms with E-state index in [0.29, 0.717) is 33.9 Å². The number of fused-ring (bicyclic) bond motifs is 5. The second kappa shape index (κ2) is 6.67. The number of hydrogen-bond donors (Lipinski definition) is 3. The molecule has 2 bridgehead atoms. The van der Waals surface area contributed by atoms with Gasteiger partial charge in [-0.15, -0.1) is 0 Å². The van der Waals surface area contributed by atoms with Crippen molar-refractivity contribution in [3.05, 3.63) is 58.6 Å². The third-order valence-corrected chi connectivity index (χ3v) is 6.59. The minimum Gasteiger partial charge on any atom is -0.379 e. The van der Waals surface area contributed by atoms with Crippen LogP contribution in [-0.4, -0.2) is 45.5 Å². The lowest BCUT2D eigenvalue weighted by molar-refractivity contribution is 0.0976. The number of H-pyrrole nitrogens is 2. The molecule has 4 aromatic rings. The van der Waals surface area contributed by atoms with Gasteiger partial charge in [-0.25, -0.2) is 9.37 Å². The number of aromatic nitrogens is 3. The van der Waals surface area contributed by atoms with Crippen LogP contribution < -0.4 is 10.9 Å². The third kappa shape index (κ3) is 2.81. The number of hydrogen-bond acceptors (Lipinski definition) is 4. The Bertz CT molecular complexity index is 1290. The van der Waals surface area contributed by atoms with E-state index >= 15 is 0 Å². The average molecular weight is 403 g/mol. The number of para-hydroxylation sites is 2. The SMILES string of the molecule is O=c1[nH]c2ccc(F)cc2c(N[C@@H]2CN3CCC2CC3)c1-c1nc2ccccc2[nH]1. The van der Waals surface area contributed by atoms with Gasteiger partial charge in [-0.2, -0.15) is 0 Å². The van der Waals surface area contributed by atoms with Crippen LogP contribution >= 0.6 is 0 Å². The number of pyridine rings is 1. The Morgan fingerprint density at radius 1 is 1.07 bits per heavy atom. The molecule has 6 nitrogen and oxygen atoms in total. The number of piperidine rings is 3. The van der Waals surface area contributed by atoms with E-state index in [9.17, 15) is 9.18 Å². The van der Waals surface area contributed by atoms with Crippen molar-refractivity contribution in [3.8, 4) is 11.4 Å². The summed E-state index contributed by atoms with van der Waals surface area (Å²) in [5, 5.41) is 4.31. The smallest absolute Gasteiger partial charge is 0.261 e. The summed E-state index contributed by atoms with van der Waals surface area (Å²) >= 11 is 0. The maximum absolute atomic E-state index is 14.2. The van der Waals surface area contributed by atoms with Gasteiger partial charge in [0, 0.05) is 18.0 Å². The Hall–Kier alpha value is -3.19. The van der Waals surface area contributed by atoms with Gasteiger partial charge < -0.3 is 20.2 Å². The van der Waals surface area contributed by atoms with E-state index in [1.807, 2.05) is 24.3 Å². The van der Waals surface area contributed by atoms with Crippen molar-refractivity contribution in [2.45, 2.75) is 18.9 Å². The molecule has 3 saturated heterocycles. The molecule has 152 valence electrons. The van der Waals surface area contributed by atoms with Crippen molar-refractivity contribution in [2.24, 2.45) is 5.92 Å². The lowest BCUT2D eigenvalue weighted by Gasteiger charge is -2.45. The van der Waals surface area contributed by atoms with Crippen LogP contribution in [0.1, 0.15) is 12.8 Å². The van der Waals surface area contributed by atoms with Crippen molar-refractivity contribution < 1.29 is 4.39 Å². The molecule has 3 aliphatic heterocycles. The Morgan fingerprint density at radius 2 is 1.90 bits per heavy atom. The summed E-state index contributed by atoms with van der Waals surface area (Å²) in [6.45, 7) is 3.20. The third-order valence-electron chi connectivity index (χ3n) is 6.59. The summed E-state index contributed by atoms with van der Waals surface area (Å²) < 4.78 is 14.2. The van der Waals surface area contributed by atoms with Gasteiger partial charge in [-0.3, -0.25) is 4.79 Å². The lowest BCUT2D eigenvalue weighted by Crippen LogP contribution is -2.53. The van der Waals surface area contributed by atoms with Crippen molar-refractivity contribution in [1.82, 2.24) is 19.9 Å². The highest BCUT2D eigenvalue weighted by Gasteiger charge is 2.35. The molecule has 0 unspecified atom stereocenters. The number of imidazole rings is 1. The number of nitrogens with zero attached hydrogens (tertiary/aromatic N) is 2. The molecule has 0 amide bonds. The Labute approximate surface area is 172 Å². The largest absolute Gasteiger partial charge is 0.379 e. The number of nitrogens with one attached hydrogen (secondary N) is 3. The van der Waals surface area contributed by atoms with Crippen molar-refractivity contribution >= 4 is 27.6 Å². The maximum Gasteiger partial charge on any atom is 0.261 e. The number of aromatic amines is 2. The second-order valence-corrected chi connectivity index (χ2v) is 8.39. The van der Waals surface area contributed by atoms with Crippen molar-refractivity contribution in [1.29, 1.82) is 0 Å². The number of anilines is 1. The van der Waals surface area contributed by atoms with Crippen LogP contribution in [0.3, 0.4) is 0 Å². The highest BCUT2D eigenvalue weighted by molar-refractivity contribution is 5.99. The van der Waals surface area contributed by atoms with Crippen LogP contribution in [0.2, 0.25) is 0 Å². The molecule has 0 aliphatic carbocycles. The Kier molecular flexibility index (Phi) is 3.92. The first kappa shape index (κ1) is 17.7. The van der Waals surface area contributed by atoms with E-state index in [4.69, 9.17) is 0 Å². The van der Waals surface area contributed by atoms with Gasteiger partial charge in [0.25, 0.3) is 5.56 Å². The molecule has 3 aliphatic rings. The molecule has 3 fully saturated rings. The highest BCUT2D eigenvalue weighted by Crippen LogP contribution is 2.35. The van der Waals surface area contributed by atoms with E-state index in [1.54, 1.807) is 6.07 Å². The zero-order valence-electron chi connectivity index (χ0n) is 16.4. The van der Waals surface area contributed by atoms with Crippen LogP contribution in [0.5, 0.6) is 0 Å². The molecule has 1 atom stereocenters. The zero-order chi connectivity index (χ0) is 20.2. The van der Waals surface area contributed by atoms with E-state index < -0.39 is 0 Å². The van der Waals surface area contributed by atoms with Crippen molar-refractivity contribution in [2.75, 3.05) is 25.0 Å². The number of rotatable bonds is 3. The van der Waals surface area contributed by atoms with Crippen LogP contribution in [0.25, 0.3) is 33.3 Å². The first-order valence-corrected chi connectivity index (χ1v) is 10.5. The van der Waals surface area contributed by atoms with Gasteiger partial charge in [-0.1, -0.05) is 12.1 Å². The molecule has 30 heavy (non-hydrogen) atoms. The van der Waals surface area contributed by atoms with E-state index in [1.165, 1.54) is 12.1 Å². The van der Waals surface area contributed by atoms with Crippen LogP contribution in [-0.2, 0) is 0 Å². The van der Waals surface area contributed by atoms with E-state index in [2.05, 4.69) is 25.2 Å². The predicted molar refractivity (Wildman–Crippen MR) is 116 cm³/mol. The molecule has 2 aromatic heterocycles. The van der Waals surface area contributed by atoms with Gasteiger partial charge in [0.05, 0.1) is 22.2 Å². The number of halogens is 1. The van der Waals surface area contributed by atoms with E-state index in [0.717, 1.165) is 43.5 Å². The Balaban J connectivity index is 1.56. The summed E-state index contributed by atoms with van der Waals surface area (Å²) in [7, 11) is 0. The molecular weight excluding hydrogens is 381 g/mol. The number of benzene rings is 2. The molecule has 0 spiro atoms. The molecule has 3 N–H and O–H groups in total. The minimum absolute atomic E-state index is 0.226. The topological polar surface area (TPSA) is 76.8 Å². The molecule has 7 heteroatoms. The first-order chi connectivity index (χ1) is 14.7. The molecule has 0 saturated carbocycles. The zero-order valence-corrected chi connectivity index (χ0v) is 16.4. The molecule has 2 aromatic carbocycles. The van der Waals surface area contributed by atoms with Gasteiger partial charge in [0.1, 0.15) is 17.2 Å². The fourth-order valence-electron chi connectivity index (χ4n) is 5.03. The summed E-state index contributed by atoms with van der Waals surface area (Å²) in [5.41, 5.74) is 3.12. The van der Waals surface area contributed by atoms with Gasteiger partial charge in [0.2, 0.25) is 0 Å². The van der Waals surface area contributed by atoms with Crippen molar-refractivity contribution in [3.63, 3.8) is 0 Å². The first-order valence-electron chi connectivity index (χ1n) is 10.5. The van der Waals surface area contributed by atoms with Gasteiger partial charge >= 0.3 is 0 Å². The normalized spacial score (nSPS) is 23.3. The molecular formula is C23H22FN5O. The highest BCUT2D eigenvalue weighted by atomic mass is 19.1. The van der Waals surface area contributed by atoms with Crippen LogP contribution in [0.15, 0.2) is 47.3 Å². The fraction of sp³-hybridized carbons (Fsp3) is 0.304. The summed E-state index contributed by atoms with van der Waals surface area (Å²) in [4.78, 5) is 26.4. The quantitative estimate of drug-likeness (QED) is 0.487. The molecule has 0 radical (unpaired) electrons. The summed E-state index contributed by atoms with van der Waals surface area (Å²) in [5.74, 6) is 0.718. The summed E-state index contributed by atoms with van der Waals surface area (Å²) in [6, 6.07) is 12.4. The average Bonchev–Trinajstić information content (AvgIpc) is 3.19. The van der Waals surface area contributed by atoms with E-state index in [-0.39, 0.29) is 17.4 Å². The predicted octanol–water partition coefficient (Wildman–Crippen LogP) is 3.72. The minimum atomic E-state index is -0.331. The Morgan fingerprint density at radius 3 is 2.67 bits per heavy atom. The van der Waals surface area contributed by atoms with Gasteiger partial charge in [0.15, 0.2) is 0 Å². The maximum atomic E-state index is 14.2. The van der Waals surface area contributed by atoms with Crippen LogP contribution in [0.4, 0.5) is 10.1 Å². The monoisotopic (exact) mass is 403 g/mol. The molecule has 7 rings (SSSR count). The van der Waals surface area contributed by atoms with Gasteiger partial charge in [-0.05, 0) is 62.2 Å². The standard InChI is InChI=1S/C23H22FN5O/c24-14-5-6-16-15(11-14)21(25-19-12-29-9-7-13(19)8-10-29)20(23(30)28-16)22-26-17-3-1-2-4-18(17)27-22/h1-6,11,13,19H,7-10,12H2,(H,26,27)(H2,25,28,30)/t19-/m1/s1. The lowest BCUT2D eigenvalue weighted by atomic mass is 9.83. The molecule has 5 heterocycles. The second-order valence-electron chi connectivity index (χ2n) is 8.39. The summed E-state index contributed by atoms with van der Waals surface area (Å²) in [6.07, 6.45) is 2.29. The van der Waals surface area contributed by atoms with Crippen LogP contribution in [0, 0.1) is 11.7 Å².